The summed E-state index contributed by atoms with van der Waals surface area (Å²) in [6, 6.07) is 2.81. The third kappa shape index (κ3) is 4.10. The van der Waals surface area contributed by atoms with Gasteiger partial charge in [-0.15, -0.1) is 0 Å². The summed E-state index contributed by atoms with van der Waals surface area (Å²) in [7, 11) is 0. The molecule has 19 heavy (non-hydrogen) atoms. The SMILES string of the molecule is O=C(NC(O)C(Cl)(Cl)Cl)c1cc([N+](=O)[O-])ccc1O. The van der Waals surface area contributed by atoms with E-state index in [0.717, 1.165) is 18.2 Å². The van der Waals surface area contributed by atoms with Gasteiger partial charge in [-0.25, -0.2) is 0 Å². The molecule has 1 unspecified atom stereocenters. The highest BCUT2D eigenvalue weighted by Crippen LogP contribution is 2.29. The summed E-state index contributed by atoms with van der Waals surface area (Å²) in [6.45, 7) is 0. The summed E-state index contributed by atoms with van der Waals surface area (Å²) in [4.78, 5) is 21.5. The number of halogens is 3. The molecule has 0 saturated carbocycles. The molecule has 0 spiro atoms. The predicted octanol–water partition coefficient (Wildman–Crippen LogP) is 1.72. The molecule has 1 aromatic rings. The third-order valence-corrected chi connectivity index (χ3v) is 2.63. The first kappa shape index (κ1) is 15.8. The fourth-order valence-corrected chi connectivity index (χ4v) is 1.27. The fourth-order valence-electron chi connectivity index (χ4n) is 1.10. The Hall–Kier alpha value is -1.28. The molecule has 0 aliphatic heterocycles. The number of non-ortho nitro benzene ring substituents is 1. The van der Waals surface area contributed by atoms with Crippen LogP contribution in [0.25, 0.3) is 0 Å². The molecule has 0 bridgehead atoms. The first-order valence-corrected chi connectivity index (χ1v) is 5.79. The molecule has 104 valence electrons. The van der Waals surface area contributed by atoms with E-state index in [1.165, 1.54) is 0 Å². The van der Waals surface area contributed by atoms with E-state index in [1.54, 1.807) is 0 Å². The number of phenolic OH excluding ortho intramolecular Hbond substituents is 1. The maximum atomic E-state index is 11.7. The van der Waals surface area contributed by atoms with Crippen LogP contribution in [0.3, 0.4) is 0 Å². The molecule has 7 nitrogen and oxygen atoms in total. The Bertz CT molecular complexity index is 517. The second-order valence-corrected chi connectivity index (χ2v) is 5.75. The number of rotatable bonds is 3. The van der Waals surface area contributed by atoms with E-state index < -0.39 is 37.9 Å². The lowest BCUT2D eigenvalue weighted by Gasteiger charge is -2.20. The summed E-state index contributed by atoms with van der Waals surface area (Å²) < 4.78 is -2.17. The third-order valence-electron chi connectivity index (χ3n) is 2.01. The second kappa shape index (κ2) is 5.79. The van der Waals surface area contributed by atoms with Crippen molar-refractivity contribution >= 4 is 46.4 Å². The molecule has 1 rings (SSSR count). The molecule has 3 N–H and O–H groups in total. The van der Waals surface area contributed by atoms with Crippen LogP contribution in [0.2, 0.25) is 0 Å². The molecular weight excluding hydrogens is 322 g/mol. The Kier molecular flexibility index (Phi) is 4.81. The number of nitro groups is 1. The molecule has 1 amide bonds. The Labute approximate surface area is 121 Å². The van der Waals surface area contributed by atoms with E-state index in [9.17, 15) is 25.1 Å². The number of nitrogens with zero attached hydrogens (tertiary/aromatic N) is 1. The standard InChI is InChI=1S/C9H7Cl3N2O5/c10-9(11,12)8(17)13-7(16)5-3-4(14(18)19)1-2-6(5)15/h1-3,8,15,17H,(H,13,16). The maximum Gasteiger partial charge on any atom is 0.270 e. The monoisotopic (exact) mass is 328 g/mol. The molecule has 0 aliphatic carbocycles. The van der Waals surface area contributed by atoms with Gasteiger partial charge in [0, 0.05) is 12.1 Å². The van der Waals surface area contributed by atoms with Crippen molar-refractivity contribution < 1.29 is 19.9 Å². The second-order valence-electron chi connectivity index (χ2n) is 3.38. The highest BCUT2D eigenvalue weighted by atomic mass is 35.6. The highest BCUT2D eigenvalue weighted by molar-refractivity contribution is 6.68. The zero-order valence-electron chi connectivity index (χ0n) is 9.01. The summed E-state index contributed by atoms with van der Waals surface area (Å²) in [5, 5.41) is 31.2. The molecule has 0 aromatic heterocycles. The number of aromatic hydroxyl groups is 1. The number of carbonyl (C=O) groups excluding carboxylic acids is 1. The van der Waals surface area contributed by atoms with E-state index in [2.05, 4.69) is 0 Å². The van der Waals surface area contributed by atoms with Crippen LogP contribution in [0.5, 0.6) is 5.75 Å². The Balaban J connectivity index is 3.00. The fraction of sp³-hybridized carbons (Fsp3) is 0.222. The number of nitrogens with one attached hydrogen (secondary N) is 1. The van der Waals surface area contributed by atoms with Crippen LogP contribution >= 0.6 is 34.8 Å². The summed E-state index contributed by atoms with van der Waals surface area (Å²) in [5.41, 5.74) is -0.839. The smallest absolute Gasteiger partial charge is 0.270 e. The van der Waals surface area contributed by atoms with Gasteiger partial charge < -0.3 is 15.5 Å². The first-order valence-electron chi connectivity index (χ1n) is 4.66. The van der Waals surface area contributed by atoms with Crippen molar-refractivity contribution in [1.29, 1.82) is 0 Å². The lowest BCUT2D eigenvalue weighted by Crippen LogP contribution is -2.43. The van der Waals surface area contributed by atoms with E-state index in [0.29, 0.717) is 0 Å². The number of hydrogen-bond acceptors (Lipinski definition) is 5. The molecular formula is C9H7Cl3N2O5. The van der Waals surface area contributed by atoms with Gasteiger partial charge in [0.1, 0.15) is 5.75 Å². The Morgan fingerprint density at radius 3 is 2.47 bits per heavy atom. The minimum Gasteiger partial charge on any atom is -0.507 e. The van der Waals surface area contributed by atoms with Crippen molar-refractivity contribution in [1.82, 2.24) is 5.32 Å². The number of carbonyl (C=O) groups is 1. The lowest BCUT2D eigenvalue weighted by atomic mass is 10.1. The predicted molar refractivity (Wildman–Crippen MR) is 68.5 cm³/mol. The molecule has 1 atom stereocenters. The minimum atomic E-state index is -2.17. The van der Waals surface area contributed by atoms with E-state index >= 15 is 0 Å². The molecule has 1 aromatic carbocycles. The zero-order valence-corrected chi connectivity index (χ0v) is 11.3. The number of hydrogen-bond donors (Lipinski definition) is 3. The van der Waals surface area contributed by atoms with E-state index in [4.69, 9.17) is 34.8 Å². The van der Waals surface area contributed by atoms with Crippen LogP contribution in [0, 0.1) is 10.1 Å². The van der Waals surface area contributed by atoms with Gasteiger partial charge in [-0.3, -0.25) is 14.9 Å². The van der Waals surface area contributed by atoms with Gasteiger partial charge in [-0.2, -0.15) is 0 Å². The quantitative estimate of drug-likeness (QED) is 0.338. The van der Waals surface area contributed by atoms with Crippen LogP contribution in [0.15, 0.2) is 18.2 Å². The first-order chi connectivity index (χ1) is 8.62. The van der Waals surface area contributed by atoms with Crippen molar-refractivity contribution in [3.63, 3.8) is 0 Å². The lowest BCUT2D eigenvalue weighted by molar-refractivity contribution is -0.384. The summed E-state index contributed by atoms with van der Waals surface area (Å²) in [6.07, 6.45) is -1.84. The van der Waals surface area contributed by atoms with Gasteiger partial charge in [0.25, 0.3) is 11.6 Å². The van der Waals surface area contributed by atoms with Crippen molar-refractivity contribution in [3.05, 3.63) is 33.9 Å². The Morgan fingerprint density at radius 1 is 1.42 bits per heavy atom. The van der Waals surface area contributed by atoms with Gasteiger partial charge in [-0.05, 0) is 6.07 Å². The normalized spacial score (nSPS) is 12.8. The number of phenols is 1. The average Bonchev–Trinajstić information content (AvgIpc) is 2.27. The molecule has 0 saturated heterocycles. The van der Waals surface area contributed by atoms with Gasteiger partial charge in [0.05, 0.1) is 10.5 Å². The largest absolute Gasteiger partial charge is 0.507 e. The number of nitro benzene ring substituents is 1. The van der Waals surface area contributed by atoms with Crippen LogP contribution in [0.4, 0.5) is 5.69 Å². The molecule has 0 fully saturated rings. The average molecular weight is 330 g/mol. The minimum absolute atomic E-state index is 0.411. The van der Waals surface area contributed by atoms with Gasteiger partial charge in [0.15, 0.2) is 6.23 Å². The van der Waals surface area contributed by atoms with Crippen LogP contribution in [0.1, 0.15) is 10.4 Å². The molecule has 10 heteroatoms. The molecule has 0 heterocycles. The topological polar surface area (TPSA) is 113 Å². The summed E-state index contributed by atoms with van der Waals surface area (Å²) >= 11 is 16.0. The van der Waals surface area contributed by atoms with E-state index in [1.807, 2.05) is 5.32 Å². The van der Waals surface area contributed by atoms with Crippen LogP contribution in [-0.4, -0.2) is 31.1 Å². The van der Waals surface area contributed by atoms with Crippen molar-refractivity contribution in [3.8, 4) is 5.75 Å². The van der Waals surface area contributed by atoms with Gasteiger partial charge >= 0.3 is 0 Å². The number of alkyl halides is 3. The van der Waals surface area contributed by atoms with E-state index in [-0.39, 0.29) is 0 Å². The number of benzene rings is 1. The van der Waals surface area contributed by atoms with Gasteiger partial charge in [0.2, 0.25) is 3.79 Å². The molecule has 0 radical (unpaired) electrons. The van der Waals surface area contributed by atoms with Gasteiger partial charge in [-0.1, -0.05) is 34.8 Å². The number of aliphatic hydroxyl groups excluding tert-OH is 1. The zero-order chi connectivity index (χ0) is 14.8. The van der Waals surface area contributed by atoms with Crippen LogP contribution in [-0.2, 0) is 0 Å². The summed E-state index contributed by atoms with van der Waals surface area (Å²) in [5.74, 6) is -1.54. The Morgan fingerprint density at radius 2 is 2.00 bits per heavy atom. The van der Waals surface area contributed by atoms with Crippen molar-refractivity contribution in [2.24, 2.45) is 0 Å². The number of aliphatic hydroxyl groups is 1. The van der Waals surface area contributed by atoms with Crippen molar-refractivity contribution in [2.45, 2.75) is 10.0 Å². The molecule has 0 aliphatic rings. The van der Waals surface area contributed by atoms with Crippen LogP contribution < -0.4 is 5.32 Å². The maximum absolute atomic E-state index is 11.7. The highest BCUT2D eigenvalue weighted by Gasteiger charge is 2.33. The van der Waals surface area contributed by atoms with Crippen molar-refractivity contribution in [2.75, 3.05) is 0 Å². The number of amides is 1.